The van der Waals surface area contributed by atoms with E-state index in [2.05, 4.69) is 15.3 Å². The zero-order valence-corrected chi connectivity index (χ0v) is 14.2. The average molecular weight is 338 g/mol. The van der Waals surface area contributed by atoms with E-state index >= 15 is 0 Å². The Labute approximate surface area is 152 Å². The van der Waals surface area contributed by atoms with Crippen molar-refractivity contribution in [3.05, 3.63) is 67.0 Å². The van der Waals surface area contributed by atoms with Crippen LogP contribution in [0.25, 0.3) is 22.3 Å². The molecule has 26 heavy (non-hydrogen) atoms. The number of pyridine rings is 1. The van der Waals surface area contributed by atoms with Crippen LogP contribution in [0.5, 0.6) is 5.75 Å². The second-order valence-electron chi connectivity index (χ2n) is 5.77. The minimum absolute atomic E-state index is 0.599. The first-order chi connectivity index (χ1) is 12.7. The third-order valence-electron chi connectivity index (χ3n) is 3.97. The fourth-order valence-corrected chi connectivity index (χ4v) is 2.71. The number of rotatable bonds is 4. The van der Waals surface area contributed by atoms with Gasteiger partial charge in [0.15, 0.2) is 5.82 Å². The molecule has 0 unspecified atom stereocenters. The first kappa shape index (κ1) is 16.1. The smallest absolute Gasteiger partial charge is 0.163 e. The van der Waals surface area contributed by atoms with Crippen LogP contribution in [0.15, 0.2) is 67.0 Å². The molecule has 4 rings (SSSR count). The first-order valence-corrected chi connectivity index (χ1v) is 8.12. The minimum Gasteiger partial charge on any atom is -0.497 e. The molecule has 0 atom stereocenters. The van der Waals surface area contributed by atoms with Crippen molar-refractivity contribution in [2.75, 3.05) is 12.4 Å². The molecule has 0 amide bonds. The first-order valence-electron chi connectivity index (χ1n) is 8.12. The van der Waals surface area contributed by atoms with Crippen LogP contribution < -0.4 is 15.5 Å². The maximum Gasteiger partial charge on any atom is 0.163 e. The Balaban J connectivity index is 1.89. The van der Waals surface area contributed by atoms with Crippen molar-refractivity contribution < 1.29 is 4.74 Å². The molecule has 4 aromatic rings. The van der Waals surface area contributed by atoms with Crippen LogP contribution in [0.1, 0.15) is 0 Å². The highest BCUT2D eigenvalue weighted by Crippen LogP contribution is 2.29. The van der Waals surface area contributed by atoms with E-state index in [1.165, 1.54) is 0 Å². The molecule has 0 saturated heterocycles. The third-order valence-corrected chi connectivity index (χ3v) is 3.97. The fourth-order valence-electron chi connectivity index (χ4n) is 2.71. The van der Waals surface area contributed by atoms with Crippen molar-refractivity contribution in [1.82, 2.24) is 15.0 Å². The molecule has 2 heterocycles. The number of fused-ring (bicyclic) bond motifs is 1. The number of benzene rings is 2. The van der Waals surface area contributed by atoms with E-state index in [0.717, 1.165) is 27.9 Å². The van der Waals surface area contributed by atoms with Crippen molar-refractivity contribution in [2.24, 2.45) is 0 Å². The predicted molar refractivity (Wildman–Crippen MR) is 104 cm³/mol. The van der Waals surface area contributed by atoms with E-state index < -0.39 is 0 Å². The van der Waals surface area contributed by atoms with Gasteiger partial charge in [-0.15, -0.1) is 0 Å². The molecule has 2 aromatic heterocycles. The molecule has 2 radical (unpaired) electrons. The van der Waals surface area contributed by atoms with Crippen LogP contribution in [-0.2, 0) is 0 Å². The Bertz CT molecular complexity index is 1070. The van der Waals surface area contributed by atoms with Gasteiger partial charge in [-0.25, -0.2) is 9.97 Å². The van der Waals surface area contributed by atoms with E-state index in [4.69, 9.17) is 17.6 Å². The third kappa shape index (κ3) is 3.21. The normalized spacial score (nSPS) is 10.7. The summed E-state index contributed by atoms with van der Waals surface area (Å²) in [5.74, 6) is 2.02. The average Bonchev–Trinajstić information content (AvgIpc) is 2.68. The Morgan fingerprint density at radius 2 is 1.92 bits per heavy atom. The molecular weight excluding hydrogens is 323 g/mol. The predicted octanol–water partition coefficient (Wildman–Crippen LogP) is 3.24. The second kappa shape index (κ2) is 6.84. The summed E-state index contributed by atoms with van der Waals surface area (Å²) in [6.07, 6.45) is 3.47. The molecule has 0 aliphatic heterocycles. The molecule has 1 N–H and O–H groups in total. The number of anilines is 2. The summed E-state index contributed by atoms with van der Waals surface area (Å²) < 4.78 is 5.35. The van der Waals surface area contributed by atoms with Crippen LogP contribution >= 0.6 is 0 Å². The van der Waals surface area contributed by atoms with Crippen LogP contribution in [-0.4, -0.2) is 29.9 Å². The van der Waals surface area contributed by atoms with Gasteiger partial charge in [0.05, 0.1) is 12.6 Å². The Kier molecular flexibility index (Phi) is 4.23. The lowest BCUT2D eigenvalue weighted by Crippen LogP contribution is -2.04. The molecular formula is C20H15BN4O. The Morgan fingerprint density at radius 3 is 2.69 bits per heavy atom. The summed E-state index contributed by atoms with van der Waals surface area (Å²) in [6, 6.07) is 17.0. The molecule has 2 aromatic carbocycles. The number of methoxy groups -OCH3 is 1. The molecule has 6 heteroatoms. The quantitative estimate of drug-likeness (QED) is 0.579. The van der Waals surface area contributed by atoms with Gasteiger partial charge in [0.2, 0.25) is 0 Å². The fraction of sp³-hybridized carbons (Fsp3) is 0.0500. The van der Waals surface area contributed by atoms with Crippen LogP contribution in [0.4, 0.5) is 11.5 Å². The molecule has 0 aliphatic carbocycles. The number of hydrogen-bond donors (Lipinski definition) is 1. The maximum atomic E-state index is 5.89. The van der Waals surface area contributed by atoms with Gasteiger partial charge in [0.1, 0.15) is 19.4 Å². The number of nitrogens with zero attached hydrogens (tertiary/aromatic N) is 3. The largest absolute Gasteiger partial charge is 0.497 e. The summed E-state index contributed by atoms with van der Waals surface area (Å²) in [7, 11) is 7.53. The summed E-state index contributed by atoms with van der Waals surface area (Å²) in [6.45, 7) is 0. The number of hydrogen-bond acceptors (Lipinski definition) is 5. The van der Waals surface area contributed by atoms with Crippen LogP contribution in [0.3, 0.4) is 0 Å². The summed E-state index contributed by atoms with van der Waals surface area (Å²) in [5.41, 5.74) is 3.19. The number of nitrogens with one attached hydrogen (secondary N) is 1. The van der Waals surface area contributed by atoms with Crippen LogP contribution in [0.2, 0.25) is 0 Å². The molecule has 0 bridgehead atoms. The highest BCUT2D eigenvalue weighted by molar-refractivity contribution is 6.32. The van der Waals surface area contributed by atoms with E-state index in [1.807, 2.05) is 54.6 Å². The standard InChI is InChI=1S/C20H15BN4O/c1-26-16-7-8-18-17(11-16)20(23-15-6-2-5-14(21)10-15)25-19(24-18)13-4-3-9-22-12-13/h2-12H,1H3,(H,23,24,25). The lowest BCUT2D eigenvalue weighted by atomic mass is 9.96. The van der Waals surface area contributed by atoms with Gasteiger partial charge >= 0.3 is 0 Å². The van der Waals surface area contributed by atoms with Crippen LogP contribution in [0, 0.1) is 0 Å². The second-order valence-corrected chi connectivity index (χ2v) is 5.77. The Hall–Kier alpha value is -3.41. The highest BCUT2D eigenvalue weighted by Gasteiger charge is 2.11. The minimum atomic E-state index is 0.599. The SMILES string of the molecule is [B]c1cccc(Nc2nc(-c3cccnc3)nc3ccc(OC)cc23)c1. The van der Waals surface area contributed by atoms with Gasteiger partial charge < -0.3 is 10.1 Å². The van der Waals surface area contributed by atoms with Crippen molar-refractivity contribution >= 4 is 35.7 Å². The van der Waals surface area contributed by atoms with E-state index in [1.54, 1.807) is 19.5 Å². The van der Waals surface area contributed by atoms with Gasteiger partial charge in [-0.1, -0.05) is 17.6 Å². The molecule has 0 aliphatic rings. The maximum absolute atomic E-state index is 5.89. The summed E-state index contributed by atoms with van der Waals surface area (Å²) in [4.78, 5) is 13.5. The monoisotopic (exact) mass is 338 g/mol. The summed E-state index contributed by atoms with van der Waals surface area (Å²) >= 11 is 0. The zero-order chi connectivity index (χ0) is 17.9. The molecule has 124 valence electrons. The molecule has 0 saturated carbocycles. The van der Waals surface area contributed by atoms with Gasteiger partial charge in [0.25, 0.3) is 0 Å². The Morgan fingerprint density at radius 1 is 1.00 bits per heavy atom. The highest BCUT2D eigenvalue weighted by atomic mass is 16.5. The van der Waals surface area contributed by atoms with Crippen molar-refractivity contribution in [3.8, 4) is 17.1 Å². The van der Waals surface area contributed by atoms with Crippen molar-refractivity contribution in [2.45, 2.75) is 0 Å². The molecule has 0 fully saturated rings. The van der Waals surface area contributed by atoms with E-state index in [0.29, 0.717) is 17.1 Å². The van der Waals surface area contributed by atoms with Gasteiger partial charge in [0, 0.05) is 29.0 Å². The van der Waals surface area contributed by atoms with E-state index in [-0.39, 0.29) is 0 Å². The molecule has 5 nitrogen and oxygen atoms in total. The summed E-state index contributed by atoms with van der Waals surface area (Å²) in [5, 5.41) is 4.20. The van der Waals surface area contributed by atoms with Gasteiger partial charge in [-0.05, 0) is 42.5 Å². The lowest BCUT2D eigenvalue weighted by Gasteiger charge is -2.12. The topological polar surface area (TPSA) is 59.9 Å². The van der Waals surface area contributed by atoms with Crippen molar-refractivity contribution in [3.63, 3.8) is 0 Å². The lowest BCUT2D eigenvalue weighted by molar-refractivity contribution is 0.415. The van der Waals surface area contributed by atoms with Crippen molar-refractivity contribution in [1.29, 1.82) is 0 Å². The number of aromatic nitrogens is 3. The molecule has 0 spiro atoms. The zero-order valence-electron chi connectivity index (χ0n) is 14.2. The van der Waals surface area contributed by atoms with Gasteiger partial charge in [-0.3, -0.25) is 4.98 Å². The van der Waals surface area contributed by atoms with E-state index in [9.17, 15) is 0 Å². The van der Waals surface area contributed by atoms with Gasteiger partial charge in [-0.2, -0.15) is 0 Å². The number of ether oxygens (including phenoxy) is 1.